The molecule has 0 aliphatic carbocycles. The van der Waals surface area contributed by atoms with Crippen LogP contribution in [0.5, 0.6) is 11.5 Å². The van der Waals surface area contributed by atoms with Gasteiger partial charge in [-0.1, -0.05) is 15.5 Å². The summed E-state index contributed by atoms with van der Waals surface area (Å²) in [7, 11) is -6.90. The molecule has 1 aliphatic rings. The average Bonchev–Trinajstić information content (AvgIpc) is 2.84. The summed E-state index contributed by atoms with van der Waals surface area (Å²) in [4.78, 5) is 9.84. The molecule has 0 spiro atoms. The maximum Gasteiger partial charge on any atom is 0.488 e. The van der Waals surface area contributed by atoms with Gasteiger partial charge in [0.25, 0.3) is 0 Å². The molecule has 0 unspecified atom stereocenters. The molecule has 4 rings (SSSR count). The molecule has 238 valence electrons. The highest BCUT2D eigenvalue weighted by atomic mass is 35.5. The van der Waals surface area contributed by atoms with E-state index in [9.17, 15) is 30.0 Å². The van der Waals surface area contributed by atoms with Crippen LogP contribution in [-0.4, -0.2) is 63.0 Å². The largest absolute Gasteiger partial charge is 0.495 e. The van der Waals surface area contributed by atoms with Gasteiger partial charge in [-0.25, -0.2) is 4.98 Å². The Kier molecular flexibility index (Phi) is 12.0. The first-order valence-corrected chi connectivity index (χ1v) is 16.2. The minimum atomic E-state index is -5.30. The number of alkyl halides is 3. The van der Waals surface area contributed by atoms with Crippen molar-refractivity contribution in [1.82, 2.24) is 14.9 Å². The van der Waals surface area contributed by atoms with Gasteiger partial charge in [0.2, 0.25) is 5.95 Å². The molecular weight excluding hydrogens is 684 g/mol. The number of nitrogens with one attached hydrogen (secondary N) is 2. The molecular formula is C24H27Cl3F4N5O5PS. The second-order valence-electron chi connectivity index (χ2n) is 9.54. The van der Waals surface area contributed by atoms with Crippen LogP contribution in [0.25, 0.3) is 0 Å². The average molecular weight is 711 g/mol. The van der Waals surface area contributed by atoms with Crippen molar-refractivity contribution in [3.05, 3.63) is 52.7 Å². The number of rotatable bonds is 9. The van der Waals surface area contributed by atoms with Gasteiger partial charge < -0.3 is 24.1 Å². The van der Waals surface area contributed by atoms with E-state index in [4.69, 9.17) is 16.3 Å². The van der Waals surface area contributed by atoms with Crippen LogP contribution >= 0.6 is 43.6 Å². The summed E-state index contributed by atoms with van der Waals surface area (Å²) in [5.41, 5.74) is 2.22. The molecule has 19 heteroatoms. The number of anilines is 4. The summed E-state index contributed by atoms with van der Waals surface area (Å²) in [5.74, 6) is 0.194. The van der Waals surface area contributed by atoms with Gasteiger partial charge in [0.05, 0.1) is 31.2 Å². The summed E-state index contributed by atoms with van der Waals surface area (Å²) >= 11 is 6.30. The third-order valence-corrected chi connectivity index (χ3v) is 8.20. The molecule has 0 saturated heterocycles. The predicted molar refractivity (Wildman–Crippen MR) is 162 cm³/mol. The van der Waals surface area contributed by atoms with Gasteiger partial charge in [-0.15, -0.1) is 24.8 Å². The molecule has 43 heavy (non-hydrogen) atoms. The number of halogens is 7. The topological polar surface area (TPSA) is 123 Å². The molecule has 0 saturated carbocycles. The quantitative estimate of drug-likeness (QED) is 0.150. The number of nitrogens with zero attached hydrogens (tertiary/aromatic N) is 3. The van der Waals surface area contributed by atoms with Crippen LogP contribution in [0.15, 0.2) is 36.5 Å². The van der Waals surface area contributed by atoms with Crippen molar-refractivity contribution in [2.75, 3.05) is 44.2 Å². The van der Waals surface area contributed by atoms with Crippen LogP contribution < -0.4 is 24.9 Å². The maximum absolute atomic E-state index is 13.0. The fourth-order valence-electron chi connectivity index (χ4n) is 4.29. The monoisotopic (exact) mass is 709 g/mol. The van der Waals surface area contributed by atoms with Gasteiger partial charge >= 0.3 is 16.7 Å². The number of aromatic nitrogens is 2. The van der Waals surface area contributed by atoms with Gasteiger partial charge in [-0.3, -0.25) is 4.90 Å². The second-order valence-corrected chi connectivity index (χ2v) is 14.1. The highest BCUT2D eigenvalue weighted by Gasteiger charge is 2.32. The van der Waals surface area contributed by atoms with Crippen LogP contribution in [0.1, 0.15) is 11.1 Å². The Morgan fingerprint density at radius 2 is 1.79 bits per heavy atom. The normalized spacial score (nSPS) is 13.7. The summed E-state index contributed by atoms with van der Waals surface area (Å²) in [6.07, 6.45) is -2.60. The van der Waals surface area contributed by atoms with Crippen molar-refractivity contribution in [2.45, 2.75) is 19.1 Å². The lowest BCUT2D eigenvalue weighted by atomic mass is 9.98. The van der Waals surface area contributed by atoms with Crippen LogP contribution in [0.3, 0.4) is 0 Å². The molecule has 2 heterocycles. The molecule has 2 aromatic carbocycles. The first kappa shape index (κ1) is 36.6. The van der Waals surface area contributed by atoms with Crippen LogP contribution in [0, 0.1) is 0 Å². The van der Waals surface area contributed by atoms with Crippen molar-refractivity contribution in [3.63, 3.8) is 0 Å². The number of methoxy groups -OCH3 is 1. The van der Waals surface area contributed by atoms with Gasteiger partial charge in [0, 0.05) is 18.4 Å². The molecule has 0 radical (unpaired) electrons. The van der Waals surface area contributed by atoms with E-state index in [2.05, 4.69) is 24.8 Å². The minimum Gasteiger partial charge on any atom is -0.495 e. The Bertz CT molecular complexity index is 1630. The zero-order valence-corrected chi connectivity index (χ0v) is 26.8. The lowest BCUT2D eigenvalue weighted by Crippen LogP contribution is -2.38. The predicted octanol–water partition coefficient (Wildman–Crippen LogP) is 6.23. The lowest BCUT2D eigenvalue weighted by Gasteiger charge is -2.30. The molecule has 0 atom stereocenters. The molecule has 3 aromatic rings. The van der Waals surface area contributed by atoms with E-state index < -0.39 is 30.4 Å². The fraction of sp³-hybridized carbons (Fsp3) is 0.333. The smallest absolute Gasteiger partial charge is 0.488 e. The number of hydrogen-bond acceptors (Lipinski definition) is 10. The van der Waals surface area contributed by atoms with Gasteiger partial charge in [-0.2, -0.15) is 26.6 Å². The highest BCUT2D eigenvalue weighted by Crippen LogP contribution is 2.41. The first-order chi connectivity index (χ1) is 19.0. The molecule has 0 amide bonds. The summed E-state index contributed by atoms with van der Waals surface area (Å²) in [6, 6.07) is 7.06. The SMILES string of the molecule is COc1cc2c(cc1Nc1ncc(Cl)c(Nc3ccc(OS(=O)(=O)F)cc3P(C)(C)=O)n1)CN(CC(F)(F)F)CC2.Cl.Cl. The van der Waals surface area contributed by atoms with Crippen LogP contribution in [0.4, 0.5) is 40.2 Å². The maximum atomic E-state index is 13.0. The Morgan fingerprint density at radius 1 is 1.09 bits per heavy atom. The van der Waals surface area contributed by atoms with E-state index in [0.29, 0.717) is 23.4 Å². The lowest BCUT2D eigenvalue weighted by molar-refractivity contribution is -0.147. The minimum absolute atomic E-state index is 0. The highest BCUT2D eigenvalue weighted by molar-refractivity contribution is 7.81. The van der Waals surface area contributed by atoms with Crippen LogP contribution in [-0.2, 0) is 28.0 Å². The van der Waals surface area contributed by atoms with Crippen molar-refractivity contribution in [2.24, 2.45) is 0 Å². The van der Waals surface area contributed by atoms with Gasteiger partial charge in [0.1, 0.15) is 23.7 Å². The Hall–Kier alpha value is -2.55. The number of benzene rings is 2. The van der Waals surface area contributed by atoms with Gasteiger partial charge in [0.15, 0.2) is 5.82 Å². The molecule has 10 nitrogen and oxygen atoms in total. The van der Waals surface area contributed by atoms with Crippen molar-refractivity contribution >= 4 is 82.5 Å². The Morgan fingerprint density at radius 3 is 2.40 bits per heavy atom. The first-order valence-electron chi connectivity index (χ1n) is 11.9. The summed E-state index contributed by atoms with van der Waals surface area (Å²) in [5, 5.41) is 6.15. The van der Waals surface area contributed by atoms with E-state index in [1.807, 2.05) is 0 Å². The third kappa shape index (κ3) is 9.98. The third-order valence-electron chi connectivity index (χ3n) is 6.00. The fourth-order valence-corrected chi connectivity index (χ4v) is 5.91. The van der Waals surface area contributed by atoms with E-state index in [-0.39, 0.29) is 71.4 Å². The number of fused-ring (bicyclic) bond motifs is 1. The Balaban J connectivity index is 0.00000323. The zero-order valence-electron chi connectivity index (χ0n) is 22.7. The standard InChI is InChI=1S/C24H25ClF4N5O5PS.2ClH/c1-38-20-9-14-6-7-34(13-24(26,27)28)12-15(14)8-19(20)32-23-30-11-17(25)22(33-23)31-18-5-4-16(39-41(29,36)37)10-21(18)40(2,3)35;;/h4-5,8-11H,6-7,12-13H2,1-3H3,(H2,30,31,32,33);2*1H. The van der Waals surface area contributed by atoms with Gasteiger partial charge in [-0.05, 0) is 61.2 Å². The molecule has 1 aromatic heterocycles. The number of ether oxygens (including phenoxy) is 1. The molecule has 1 aliphatic heterocycles. The Labute approximate surface area is 263 Å². The number of hydrogen-bond donors (Lipinski definition) is 2. The molecule has 0 fully saturated rings. The van der Waals surface area contributed by atoms with E-state index in [0.717, 1.165) is 17.7 Å². The van der Waals surface area contributed by atoms with Crippen molar-refractivity contribution < 1.29 is 39.0 Å². The van der Waals surface area contributed by atoms with E-state index in [1.54, 1.807) is 12.1 Å². The zero-order chi connectivity index (χ0) is 30.2. The van der Waals surface area contributed by atoms with E-state index >= 15 is 0 Å². The van der Waals surface area contributed by atoms with Crippen molar-refractivity contribution in [1.29, 1.82) is 0 Å². The molecule has 0 bridgehead atoms. The summed E-state index contributed by atoms with van der Waals surface area (Å²) in [6.45, 7) is 2.20. The second kappa shape index (κ2) is 14.0. The summed E-state index contributed by atoms with van der Waals surface area (Å²) < 4.78 is 96.3. The molecule has 2 N–H and O–H groups in total. The van der Waals surface area contributed by atoms with Crippen LogP contribution in [0.2, 0.25) is 5.02 Å². The van der Waals surface area contributed by atoms with E-state index in [1.165, 1.54) is 37.6 Å². The van der Waals surface area contributed by atoms with Crippen molar-refractivity contribution in [3.8, 4) is 11.5 Å².